The van der Waals surface area contributed by atoms with Gasteiger partial charge >= 0.3 is 6.01 Å². The first-order valence-electron chi connectivity index (χ1n) is 7.10. The molecule has 9 nitrogen and oxygen atoms in total. The van der Waals surface area contributed by atoms with Gasteiger partial charge in [0.2, 0.25) is 0 Å². The number of pyridine rings is 1. The fraction of sp³-hybridized carbons (Fsp3) is 0. The van der Waals surface area contributed by atoms with E-state index in [1.54, 1.807) is 30.5 Å². The summed E-state index contributed by atoms with van der Waals surface area (Å²) in [5.74, 6) is -0.332. The highest BCUT2D eigenvalue weighted by Crippen LogP contribution is 2.17. The Morgan fingerprint density at radius 2 is 2.08 bits per heavy atom. The van der Waals surface area contributed by atoms with E-state index in [0.29, 0.717) is 11.3 Å². The molecule has 0 saturated carbocycles. The second-order valence-electron chi connectivity index (χ2n) is 4.80. The summed E-state index contributed by atoms with van der Waals surface area (Å²) < 4.78 is 5.30. The quantitative estimate of drug-likeness (QED) is 0.431. The standard InChI is InChI=1S/C16H11N5O4/c22-14(8-7-11-4-3-5-12(10-11)21(23)24)18-16-20-19-15(25-16)13-6-1-2-9-17-13/h1-10H,(H,18,20,22). The van der Waals surface area contributed by atoms with Crippen molar-refractivity contribution in [3.8, 4) is 11.6 Å². The zero-order chi connectivity index (χ0) is 17.6. The van der Waals surface area contributed by atoms with Crippen LogP contribution in [0.5, 0.6) is 0 Å². The number of nitrogens with one attached hydrogen (secondary N) is 1. The average Bonchev–Trinajstić information content (AvgIpc) is 3.09. The molecule has 1 N–H and O–H groups in total. The van der Waals surface area contributed by atoms with Crippen molar-refractivity contribution in [2.24, 2.45) is 0 Å². The van der Waals surface area contributed by atoms with E-state index in [2.05, 4.69) is 20.5 Å². The Kier molecular flexibility index (Phi) is 4.56. The highest BCUT2D eigenvalue weighted by molar-refractivity contribution is 6.00. The molecule has 0 aliphatic heterocycles. The molecule has 3 aromatic rings. The first-order valence-corrected chi connectivity index (χ1v) is 7.10. The van der Waals surface area contributed by atoms with Gasteiger partial charge in [-0.1, -0.05) is 23.3 Å². The second kappa shape index (κ2) is 7.13. The summed E-state index contributed by atoms with van der Waals surface area (Å²) in [6.45, 7) is 0. The molecule has 2 aromatic heterocycles. The van der Waals surface area contributed by atoms with Crippen LogP contribution >= 0.6 is 0 Å². The summed E-state index contributed by atoms with van der Waals surface area (Å²) in [6.07, 6.45) is 4.24. The minimum absolute atomic E-state index is 0.0561. The van der Waals surface area contributed by atoms with Gasteiger partial charge in [-0.15, -0.1) is 5.10 Å². The van der Waals surface area contributed by atoms with Crippen molar-refractivity contribution in [3.63, 3.8) is 0 Å². The smallest absolute Gasteiger partial charge is 0.322 e. The third kappa shape index (κ3) is 4.10. The van der Waals surface area contributed by atoms with E-state index >= 15 is 0 Å². The number of hydrogen-bond donors (Lipinski definition) is 1. The first kappa shape index (κ1) is 16.0. The fourth-order valence-electron chi connectivity index (χ4n) is 1.93. The third-order valence-corrected chi connectivity index (χ3v) is 3.05. The topological polar surface area (TPSA) is 124 Å². The summed E-state index contributed by atoms with van der Waals surface area (Å²) in [5, 5.41) is 20.6. The van der Waals surface area contributed by atoms with Crippen molar-refractivity contribution in [1.29, 1.82) is 0 Å². The number of rotatable bonds is 5. The normalized spacial score (nSPS) is 10.7. The lowest BCUT2D eigenvalue weighted by molar-refractivity contribution is -0.384. The van der Waals surface area contributed by atoms with Crippen LogP contribution < -0.4 is 5.32 Å². The van der Waals surface area contributed by atoms with Gasteiger partial charge in [0.25, 0.3) is 17.5 Å². The Hall–Kier alpha value is -3.88. The Bertz CT molecular complexity index is 936. The van der Waals surface area contributed by atoms with Crippen LogP contribution in [0.4, 0.5) is 11.7 Å². The summed E-state index contributed by atoms with van der Waals surface area (Å²) >= 11 is 0. The number of hydrogen-bond acceptors (Lipinski definition) is 7. The number of anilines is 1. The molecule has 0 aliphatic carbocycles. The number of carbonyl (C=O) groups excluding carboxylic acids is 1. The number of benzene rings is 1. The Balaban J connectivity index is 1.66. The van der Waals surface area contributed by atoms with Crippen molar-refractivity contribution in [2.45, 2.75) is 0 Å². The summed E-state index contributed by atoms with van der Waals surface area (Å²) in [7, 11) is 0. The maximum absolute atomic E-state index is 11.9. The van der Waals surface area contributed by atoms with Crippen LogP contribution in [0.15, 0.2) is 59.2 Å². The van der Waals surface area contributed by atoms with Gasteiger partial charge in [0, 0.05) is 24.4 Å². The average molecular weight is 337 g/mol. The Labute approximate surface area is 141 Å². The number of amides is 1. The van der Waals surface area contributed by atoms with E-state index in [4.69, 9.17) is 4.42 Å². The Morgan fingerprint density at radius 1 is 1.20 bits per heavy atom. The maximum atomic E-state index is 11.9. The lowest BCUT2D eigenvalue weighted by Crippen LogP contribution is -2.07. The molecule has 0 saturated heterocycles. The predicted molar refractivity (Wildman–Crippen MR) is 88.3 cm³/mol. The van der Waals surface area contributed by atoms with Crippen LogP contribution in [-0.4, -0.2) is 26.0 Å². The molecule has 124 valence electrons. The molecule has 0 bridgehead atoms. The molecule has 2 heterocycles. The molecule has 0 spiro atoms. The number of carbonyl (C=O) groups is 1. The fourth-order valence-corrected chi connectivity index (χ4v) is 1.93. The molecule has 3 rings (SSSR count). The molecule has 0 fully saturated rings. The van der Waals surface area contributed by atoms with Gasteiger partial charge in [-0.25, -0.2) is 0 Å². The summed E-state index contributed by atoms with van der Waals surface area (Å²) in [4.78, 5) is 26.2. The SMILES string of the molecule is O=C(C=Cc1cccc([N+](=O)[O-])c1)Nc1nnc(-c2ccccn2)o1. The van der Waals surface area contributed by atoms with E-state index in [1.165, 1.54) is 30.4 Å². The van der Waals surface area contributed by atoms with E-state index < -0.39 is 10.8 Å². The number of nitro groups is 1. The minimum Gasteiger partial charge on any atom is -0.401 e. The molecule has 1 aromatic carbocycles. The minimum atomic E-state index is -0.511. The van der Waals surface area contributed by atoms with Crippen LogP contribution in [0.3, 0.4) is 0 Å². The largest absolute Gasteiger partial charge is 0.401 e. The van der Waals surface area contributed by atoms with Crippen molar-refractivity contribution < 1.29 is 14.1 Å². The van der Waals surface area contributed by atoms with Crippen LogP contribution in [-0.2, 0) is 4.79 Å². The monoisotopic (exact) mass is 337 g/mol. The number of non-ortho nitro benzene ring substituents is 1. The lowest BCUT2D eigenvalue weighted by atomic mass is 10.2. The van der Waals surface area contributed by atoms with Gasteiger partial charge in [-0.05, 0) is 23.8 Å². The van der Waals surface area contributed by atoms with Crippen molar-refractivity contribution >= 4 is 23.7 Å². The van der Waals surface area contributed by atoms with Crippen LogP contribution in [0, 0.1) is 10.1 Å². The molecule has 1 amide bonds. The molecular formula is C16H11N5O4. The molecule has 25 heavy (non-hydrogen) atoms. The molecule has 0 unspecified atom stereocenters. The van der Waals surface area contributed by atoms with Gasteiger partial charge in [-0.2, -0.15) is 0 Å². The molecular weight excluding hydrogens is 326 g/mol. The molecule has 0 radical (unpaired) electrons. The van der Waals surface area contributed by atoms with Gasteiger partial charge < -0.3 is 4.42 Å². The highest BCUT2D eigenvalue weighted by Gasteiger charge is 2.10. The van der Waals surface area contributed by atoms with E-state index in [1.807, 2.05) is 0 Å². The van der Waals surface area contributed by atoms with Gasteiger partial charge in [-0.3, -0.25) is 25.2 Å². The highest BCUT2D eigenvalue weighted by atomic mass is 16.6. The number of nitro benzene ring substituents is 1. The first-order chi connectivity index (χ1) is 12.1. The number of nitrogens with zero attached hydrogens (tertiary/aromatic N) is 4. The molecule has 0 atom stereocenters. The van der Waals surface area contributed by atoms with E-state index in [-0.39, 0.29) is 17.6 Å². The zero-order valence-electron chi connectivity index (χ0n) is 12.7. The van der Waals surface area contributed by atoms with Crippen LogP contribution in [0.1, 0.15) is 5.56 Å². The maximum Gasteiger partial charge on any atom is 0.322 e. The molecule has 9 heteroatoms. The number of aromatic nitrogens is 3. The van der Waals surface area contributed by atoms with Crippen molar-refractivity contribution in [3.05, 3.63) is 70.4 Å². The summed E-state index contributed by atoms with van der Waals surface area (Å²) in [6, 6.07) is 11.0. The van der Waals surface area contributed by atoms with E-state index in [9.17, 15) is 14.9 Å². The molecule has 0 aliphatic rings. The van der Waals surface area contributed by atoms with Crippen molar-refractivity contribution in [1.82, 2.24) is 15.2 Å². The van der Waals surface area contributed by atoms with Crippen LogP contribution in [0.25, 0.3) is 17.7 Å². The lowest BCUT2D eigenvalue weighted by Gasteiger charge is -1.96. The van der Waals surface area contributed by atoms with E-state index in [0.717, 1.165) is 0 Å². The zero-order valence-corrected chi connectivity index (χ0v) is 12.7. The third-order valence-electron chi connectivity index (χ3n) is 3.05. The van der Waals surface area contributed by atoms with Gasteiger partial charge in [0.05, 0.1) is 4.92 Å². The van der Waals surface area contributed by atoms with Gasteiger partial charge in [0.1, 0.15) is 5.69 Å². The van der Waals surface area contributed by atoms with Gasteiger partial charge in [0.15, 0.2) is 0 Å². The summed E-state index contributed by atoms with van der Waals surface area (Å²) in [5.41, 5.74) is 0.950. The Morgan fingerprint density at radius 3 is 2.84 bits per heavy atom. The predicted octanol–water partition coefficient (Wildman–Crippen LogP) is 2.69. The van der Waals surface area contributed by atoms with Crippen LogP contribution in [0.2, 0.25) is 0 Å². The van der Waals surface area contributed by atoms with Crippen molar-refractivity contribution in [2.75, 3.05) is 5.32 Å². The second-order valence-corrected chi connectivity index (χ2v) is 4.80.